The number of hydrogen-bond acceptors (Lipinski definition) is 5. The van der Waals surface area contributed by atoms with Gasteiger partial charge in [0.25, 0.3) is 0 Å². The second kappa shape index (κ2) is 5.75. The van der Waals surface area contributed by atoms with Crippen molar-refractivity contribution < 1.29 is 24.9 Å². The van der Waals surface area contributed by atoms with Gasteiger partial charge in [-0.2, -0.15) is 0 Å². The molecule has 0 radical (unpaired) electrons. The zero-order valence-electron chi connectivity index (χ0n) is 15.8. The first-order chi connectivity index (χ1) is 11.9. The van der Waals surface area contributed by atoms with Gasteiger partial charge in [0.05, 0.1) is 29.8 Å². The van der Waals surface area contributed by atoms with Crippen LogP contribution in [-0.2, 0) is 9.53 Å². The summed E-state index contributed by atoms with van der Waals surface area (Å²) in [5, 5.41) is 33.8. The number of fused-ring (bicyclic) bond motifs is 5. The molecule has 3 aliphatic carbocycles. The number of halogens is 1. The smallest absolute Gasteiger partial charge is 0.174 e. The predicted molar refractivity (Wildman–Crippen MR) is 105 cm³/mol. The zero-order chi connectivity index (χ0) is 19.2. The first-order valence-electron chi connectivity index (χ1n) is 9.55. The van der Waals surface area contributed by atoms with E-state index >= 15 is 0 Å². The minimum atomic E-state index is -1.28. The molecule has 1 saturated heterocycles. The normalized spacial score (nSPS) is 53.2. The lowest BCUT2D eigenvalue weighted by atomic mass is 9.47. The van der Waals surface area contributed by atoms with Crippen LogP contribution in [-0.4, -0.2) is 55.5 Å². The number of aliphatic hydroxyl groups excluding tert-OH is 2. The van der Waals surface area contributed by atoms with Gasteiger partial charge in [0.15, 0.2) is 5.78 Å². The number of rotatable bonds is 0. The van der Waals surface area contributed by atoms with Crippen LogP contribution in [0.5, 0.6) is 0 Å². The molecule has 0 spiro atoms. The molecular weight excluding hydrogens is 447 g/mol. The number of aliphatic hydroxyl groups is 3. The van der Waals surface area contributed by atoms with Crippen LogP contribution in [0, 0.1) is 22.7 Å². The molecule has 5 nitrogen and oxygen atoms in total. The Kier molecular flexibility index (Phi) is 4.27. The van der Waals surface area contributed by atoms with Crippen LogP contribution < -0.4 is 0 Å². The van der Waals surface area contributed by atoms with Gasteiger partial charge in [-0.3, -0.25) is 4.79 Å². The predicted octanol–water partition coefficient (Wildman–Crippen LogP) is 2.00. The summed E-state index contributed by atoms with van der Waals surface area (Å²) in [5.41, 5.74) is -1.15. The molecule has 4 aliphatic rings. The van der Waals surface area contributed by atoms with Crippen LogP contribution in [0.1, 0.15) is 47.0 Å². The Bertz CT molecular complexity index is 688. The molecule has 0 aromatic rings. The third-order valence-corrected chi connectivity index (χ3v) is 9.65. The van der Waals surface area contributed by atoms with Gasteiger partial charge in [0, 0.05) is 21.7 Å². The number of carbonyl (C=O) groups excluding carboxylic acids is 1. The molecule has 3 fully saturated rings. The fraction of sp³-hybridized carbons (Fsp3) is 0.850. The molecule has 0 aromatic carbocycles. The van der Waals surface area contributed by atoms with E-state index in [1.54, 1.807) is 6.92 Å². The molecule has 3 N–H and O–H groups in total. The quantitative estimate of drug-likeness (QED) is 0.283. The van der Waals surface area contributed by atoms with Crippen LogP contribution in [0.25, 0.3) is 0 Å². The number of alkyl halides is 1. The van der Waals surface area contributed by atoms with Crippen molar-refractivity contribution in [2.45, 2.75) is 74.8 Å². The van der Waals surface area contributed by atoms with Crippen molar-refractivity contribution in [1.29, 1.82) is 0 Å². The highest BCUT2D eigenvalue weighted by atomic mass is 127. The minimum Gasteiger partial charge on any atom is -0.392 e. The van der Waals surface area contributed by atoms with Gasteiger partial charge in [0.2, 0.25) is 0 Å². The number of Topliss-reactive ketones (excluding diaryl/α,β-unsaturated/α-hetero) is 1. The first-order valence-corrected chi connectivity index (χ1v) is 10.8. The van der Waals surface area contributed by atoms with Crippen molar-refractivity contribution in [3.8, 4) is 0 Å². The number of allylic oxidation sites excluding steroid dienone is 1. The van der Waals surface area contributed by atoms with E-state index in [1.807, 2.05) is 20.8 Å². The van der Waals surface area contributed by atoms with E-state index in [0.29, 0.717) is 31.4 Å². The largest absolute Gasteiger partial charge is 0.392 e. The Balaban J connectivity index is 1.92. The standard InChI is InChI=1S/C20H29IO5/c1-9-12(21)7-20(25)6-11-10-8-26-13(10)5-14(22)19(11,4)17(24)16(23)15(9)18(20,2)3/h10-14,16,22-23,25H,5-8H2,1-4H3/t10?,11-,12+,13?,14-,16+,19-,20-/m0/s1. The molecule has 2 unspecified atom stereocenters. The Morgan fingerprint density at radius 2 is 1.85 bits per heavy atom. The van der Waals surface area contributed by atoms with E-state index in [0.717, 1.165) is 5.57 Å². The molecule has 0 amide bonds. The van der Waals surface area contributed by atoms with Gasteiger partial charge in [-0.15, -0.1) is 0 Å². The van der Waals surface area contributed by atoms with E-state index < -0.39 is 28.6 Å². The first kappa shape index (κ1) is 19.3. The molecular formula is C20H29IO5. The molecule has 0 aromatic heterocycles. The Morgan fingerprint density at radius 3 is 2.42 bits per heavy atom. The Hall–Kier alpha value is -0.0200. The van der Waals surface area contributed by atoms with Gasteiger partial charge in [-0.05, 0) is 38.2 Å². The van der Waals surface area contributed by atoms with Crippen LogP contribution in [0.4, 0.5) is 0 Å². The van der Waals surface area contributed by atoms with E-state index in [4.69, 9.17) is 4.74 Å². The van der Waals surface area contributed by atoms with E-state index in [1.165, 1.54) is 0 Å². The second-order valence-corrected chi connectivity index (χ2v) is 11.1. The van der Waals surface area contributed by atoms with E-state index in [-0.39, 0.29) is 27.6 Å². The van der Waals surface area contributed by atoms with Crippen molar-refractivity contribution >= 4 is 28.4 Å². The van der Waals surface area contributed by atoms with Crippen LogP contribution in [0.3, 0.4) is 0 Å². The lowest BCUT2D eigenvalue weighted by molar-refractivity contribution is -0.241. The van der Waals surface area contributed by atoms with Gasteiger partial charge < -0.3 is 20.1 Å². The Labute approximate surface area is 168 Å². The van der Waals surface area contributed by atoms with Crippen molar-refractivity contribution in [2.24, 2.45) is 22.7 Å². The molecule has 2 bridgehead atoms. The summed E-state index contributed by atoms with van der Waals surface area (Å²) in [5.74, 6) is -0.337. The van der Waals surface area contributed by atoms with Gasteiger partial charge in [-0.25, -0.2) is 0 Å². The lowest BCUT2D eigenvalue weighted by Crippen LogP contribution is -2.68. The summed E-state index contributed by atoms with van der Waals surface area (Å²) in [6.45, 7) is 8.20. The van der Waals surface area contributed by atoms with Gasteiger partial charge >= 0.3 is 0 Å². The van der Waals surface area contributed by atoms with Crippen molar-refractivity contribution in [3.63, 3.8) is 0 Å². The van der Waals surface area contributed by atoms with Gasteiger partial charge in [0.1, 0.15) is 6.10 Å². The summed E-state index contributed by atoms with van der Waals surface area (Å²) >= 11 is 2.31. The van der Waals surface area contributed by atoms with Gasteiger partial charge in [-0.1, -0.05) is 42.0 Å². The molecule has 1 aliphatic heterocycles. The molecule has 26 heavy (non-hydrogen) atoms. The summed E-state index contributed by atoms with van der Waals surface area (Å²) < 4.78 is 5.71. The highest BCUT2D eigenvalue weighted by molar-refractivity contribution is 14.1. The summed E-state index contributed by atoms with van der Waals surface area (Å²) in [6, 6.07) is 0. The van der Waals surface area contributed by atoms with Crippen LogP contribution in [0.15, 0.2) is 11.1 Å². The molecule has 4 rings (SSSR count). The zero-order valence-corrected chi connectivity index (χ0v) is 18.0. The maximum Gasteiger partial charge on any atom is 0.174 e. The summed E-state index contributed by atoms with van der Waals surface area (Å²) in [6.07, 6.45) is -0.725. The summed E-state index contributed by atoms with van der Waals surface area (Å²) in [4.78, 5) is 13.5. The van der Waals surface area contributed by atoms with E-state index in [2.05, 4.69) is 22.6 Å². The fourth-order valence-electron chi connectivity index (χ4n) is 6.13. The number of hydrogen-bond donors (Lipinski definition) is 3. The van der Waals surface area contributed by atoms with Crippen molar-refractivity contribution in [2.75, 3.05) is 6.61 Å². The maximum absolute atomic E-state index is 13.5. The Morgan fingerprint density at radius 1 is 1.19 bits per heavy atom. The topological polar surface area (TPSA) is 87.0 Å². The molecule has 6 heteroatoms. The number of carbonyl (C=O) groups is 1. The molecule has 2 saturated carbocycles. The van der Waals surface area contributed by atoms with Crippen LogP contribution >= 0.6 is 22.6 Å². The molecule has 8 atom stereocenters. The SMILES string of the molecule is CC1=C2[C@@H](O)C(=O)[C@]3(C)[C@@H](O)CC4OCC4[C@@H]3C[C@](O)(C[C@H]1I)C2(C)C. The highest BCUT2D eigenvalue weighted by Crippen LogP contribution is 2.61. The number of ether oxygens (including phenoxy) is 1. The summed E-state index contributed by atoms with van der Waals surface area (Å²) in [7, 11) is 0. The highest BCUT2D eigenvalue weighted by Gasteiger charge is 2.66. The maximum atomic E-state index is 13.5. The average molecular weight is 476 g/mol. The molecule has 146 valence electrons. The van der Waals surface area contributed by atoms with Crippen LogP contribution in [0.2, 0.25) is 0 Å². The minimum absolute atomic E-state index is 0.0464. The van der Waals surface area contributed by atoms with Crippen molar-refractivity contribution in [3.05, 3.63) is 11.1 Å². The van der Waals surface area contributed by atoms with E-state index in [9.17, 15) is 20.1 Å². The third kappa shape index (κ3) is 2.19. The average Bonchev–Trinajstić information content (AvgIpc) is 2.52. The lowest BCUT2D eigenvalue weighted by Gasteiger charge is -2.62. The second-order valence-electron chi connectivity index (χ2n) is 9.57. The number of ketones is 1. The fourth-order valence-corrected chi connectivity index (χ4v) is 7.20. The molecule has 1 heterocycles. The third-order valence-electron chi connectivity index (χ3n) is 8.27. The van der Waals surface area contributed by atoms with Crippen molar-refractivity contribution in [1.82, 2.24) is 0 Å². The monoisotopic (exact) mass is 476 g/mol.